The summed E-state index contributed by atoms with van der Waals surface area (Å²) in [5.74, 6) is 0.584. The molecule has 1 N–H and O–H groups in total. The Kier molecular flexibility index (Phi) is 5.25. The molecule has 0 bridgehead atoms. The van der Waals surface area contributed by atoms with Gasteiger partial charge in [0.2, 0.25) is 5.91 Å². The van der Waals surface area contributed by atoms with Crippen LogP contribution in [0.25, 0.3) is 0 Å². The van der Waals surface area contributed by atoms with Crippen molar-refractivity contribution in [3.8, 4) is 0 Å². The highest BCUT2D eigenvalue weighted by Gasteiger charge is 2.44. The number of piperazine rings is 1. The first kappa shape index (κ1) is 19.4. The van der Waals surface area contributed by atoms with Crippen LogP contribution in [-0.4, -0.2) is 59.3 Å². The van der Waals surface area contributed by atoms with Crippen LogP contribution in [-0.2, 0) is 17.3 Å². The number of guanidine groups is 1. The predicted molar refractivity (Wildman–Crippen MR) is 110 cm³/mol. The van der Waals surface area contributed by atoms with Crippen LogP contribution in [0.5, 0.6) is 0 Å². The maximum Gasteiger partial charge on any atom is 0.246 e. The number of halogens is 1. The number of aryl methyl sites for hydroxylation is 1. The minimum Gasteiger partial charge on any atom is -0.357 e. The van der Waals surface area contributed by atoms with Crippen molar-refractivity contribution in [2.24, 2.45) is 12.0 Å². The van der Waals surface area contributed by atoms with Crippen molar-refractivity contribution >= 4 is 17.6 Å². The number of nitrogens with one attached hydrogen (secondary N) is 1. The SMILES string of the molecule is CCNC(=NCC1(c2ccc(F)cc2)CC1)N1CCN(c2cnn(C)c2)C(=O)C1. The van der Waals surface area contributed by atoms with Gasteiger partial charge in [-0.25, -0.2) is 4.39 Å². The molecule has 2 heterocycles. The quantitative estimate of drug-likeness (QED) is 0.617. The maximum absolute atomic E-state index is 13.3. The van der Waals surface area contributed by atoms with Gasteiger partial charge in [-0.2, -0.15) is 5.10 Å². The first-order valence-electron chi connectivity index (χ1n) is 10.1. The maximum atomic E-state index is 13.3. The number of carbonyl (C=O) groups is 1. The van der Waals surface area contributed by atoms with E-state index < -0.39 is 0 Å². The topological polar surface area (TPSA) is 65.8 Å². The number of hydrogen-bond acceptors (Lipinski definition) is 3. The number of nitrogens with zero attached hydrogens (tertiary/aromatic N) is 5. The molecule has 0 radical (unpaired) electrons. The second kappa shape index (κ2) is 7.85. The van der Waals surface area contributed by atoms with Crippen molar-refractivity contribution in [3.63, 3.8) is 0 Å². The van der Waals surface area contributed by atoms with Crippen LogP contribution in [0, 0.1) is 5.82 Å². The number of carbonyl (C=O) groups excluding carboxylic acids is 1. The molecule has 0 atom stereocenters. The van der Waals surface area contributed by atoms with Gasteiger partial charge in [0, 0.05) is 38.3 Å². The van der Waals surface area contributed by atoms with Crippen molar-refractivity contribution in [3.05, 3.63) is 48.0 Å². The Bertz CT molecular complexity index is 902. The predicted octanol–water partition coefficient (Wildman–Crippen LogP) is 1.91. The number of rotatable bonds is 5. The van der Waals surface area contributed by atoms with Crippen LogP contribution in [0.1, 0.15) is 25.3 Å². The third kappa shape index (κ3) is 4.11. The van der Waals surface area contributed by atoms with Gasteiger partial charge in [0.25, 0.3) is 0 Å². The van der Waals surface area contributed by atoms with Crippen LogP contribution < -0.4 is 10.2 Å². The van der Waals surface area contributed by atoms with Crippen LogP contribution >= 0.6 is 0 Å². The Hall–Kier alpha value is -2.90. The minimum absolute atomic E-state index is 0.00406. The van der Waals surface area contributed by atoms with Gasteiger partial charge >= 0.3 is 0 Å². The Labute approximate surface area is 170 Å². The van der Waals surface area contributed by atoms with Crippen molar-refractivity contribution in [2.45, 2.75) is 25.2 Å². The number of aromatic nitrogens is 2. The summed E-state index contributed by atoms with van der Waals surface area (Å²) in [4.78, 5) is 21.4. The molecule has 1 saturated heterocycles. The molecule has 7 nitrogen and oxygen atoms in total. The standard InChI is InChI=1S/C21H27FN6O/c1-3-23-20(24-15-21(8-9-21)16-4-6-17(22)7-5-16)27-10-11-28(19(29)14-27)18-12-25-26(2)13-18/h4-7,12-13H,3,8-11,14-15H2,1-2H3,(H,23,24). The van der Waals surface area contributed by atoms with Crippen molar-refractivity contribution in [1.29, 1.82) is 0 Å². The molecular formula is C21H27FN6O. The summed E-state index contributed by atoms with van der Waals surface area (Å²) in [5.41, 5.74) is 1.96. The Morgan fingerprint density at radius 2 is 2.03 bits per heavy atom. The summed E-state index contributed by atoms with van der Waals surface area (Å²) in [7, 11) is 1.84. The van der Waals surface area contributed by atoms with Gasteiger partial charge in [0.05, 0.1) is 18.4 Å². The fourth-order valence-corrected chi connectivity index (χ4v) is 3.82. The normalized spacial score (nSPS) is 18.9. The fourth-order valence-electron chi connectivity index (χ4n) is 3.82. The van der Waals surface area contributed by atoms with E-state index in [0.717, 1.165) is 36.6 Å². The van der Waals surface area contributed by atoms with E-state index in [4.69, 9.17) is 4.99 Å². The third-order valence-corrected chi connectivity index (χ3v) is 5.70. The van der Waals surface area contributed by atoms with Crippen LogP contribution in [0.15, 0.2) is 41.7 Å². The van der Waals surface area contributed by atoms with Crippen molar-refractivity contribution < 1.29 is 9.18 Å². The summed E-state index contributed by atoms with van der Waals surface area (Å²) in [6, 6.07) is 6.75. The van der Waals surface area contributed by atoms with Crippen LogP contribution in [0.3, 0.4) is 0 Å². The van der Waals surface area contributed by atoms with Gasteiger partial charge in [0.15, 0.2) is 5.96 Å². The largest absolute Gasteiger partial charge is 0.357 e. The molecule has 1 aromatic carbocycles. The van der Waals surface area contributed by atoms with Crippen LogP contribution in [0.2, 0.25) is 0 Å². The lowest BCUT2D eigenvalue weighted by Gasteiger charge is -2.35. The summed E-state index contributed by atoms with van der Waals surface area (Å²) >= 11 is 0. The van der Waals surface area contributed by atoms with Gasteiger partial charge in [0.1, 0.15) is 12.4 Å². The summed E-state index contributed by atoms with van der Waals surface area (Å²) < 4.78 is 15.0. The Morgan fingerprint density at radius 1 is 1.28 bits per heavy atom. The Balaban J connectivity index is 1.45. The third-order valence-electron chi connectivity index (χ3n) is 5.70. The summed E-state index contributed by atoms with van der Waals surface area (Å²) in [6.45, 7) is 4.98. The smallest absolute Gasteiger partial charge is 0.246 e. The molecule has 2 fully saturated rings. The lowest BCUT2D eigenvalue weighted by Crippen LogP contribution is -2.55. The van der Waals surface area contributed by atoms with Crippen molar-refractivity contribution in [2.75, 3.05) is 37.6 Å². The van der Waals surface area contributed by atoms with Crippen molar-refractivity contribution in [1.82, 2.24) is 20.0 Å². The molecule has 29 heavy (non-hydrogen) atoms. The molecule has 8 heteroatoms. The Morgan fingerprint density at radius 3 is 2.62 bits per heavy atom. The molecule has 0 spiro atoms. The molecule has 2 aromatic rings. The van der Waals surface area contributed by atoms with E-state index in [-0.39, 0.29) is 23.7 Å². The average Bonchev–Trinajstić information content (AvgIpc) is 3.38. The van der Waals surface area contributed by atoms with E-state index >= 15 is 0 Å². The minimum atomic E-state index is -0.216. The molecule has 2 aliphatic rings. The average molecular weight is 398 g/mol. The van der Waals surface area contributed by atoms with E-state index in [1.807, 2.05) is 37.2 Å². The van der Waals surface area contributed by atoms with Gasteiger partial charge in [-0.3, -0.25) is 14.5 Å². The summed E-state index contributed by atoms with van der Waals surface area (Å²) in [6.07, 6.45) is 5.67. The van der Waals surface area contributed by atoms with E-state index in [1.54, 1.807) is 15.8 Å². The second-order valence-corrected chi connectivity index (χ2v) is 7.80. The van der Waals surface area contributed by atoms with Gasteiger partial charge in [-0.1, -0.05) is 12.1 Å². The number of amides is 1. The number of aliphatic imine (C=N–C) groups is 1. The van der Waals surface area contributed by atoms with E-state index in [0.29, 0.717) is 19.6 Å². The number of anilines is 1. The molecule has 1 aromatic heterocycles. The lowest BCUT2D eigenvalue weighted by molar-refractivity contribution is -0.120. The number of hydrogen-bond donors (Lipinski definition) is 1. The van der Waals surface area contributed by atoms with Crippen LogP contribution in [0.4, 0.5) is 10.1 Å². The fraction of sp³-hybridized carbons (Fsp3) is 0.476. The molecular weight excluding hydrogens is 371 g/mol. The monoisotopic (exact) mass is 398 g/mol. The zero-order valence-corrected chi connectivity index (χ0v) is 16.9. The summed E-state index contributed by atoms with van der Waals surface area (Å²) in [5, 5.41) is 7.48. The van der Waals surface area contributed by atoms with Gasteiger partial charge in [-0.05, 0) is 37.5 Å². The molecule has 154 valence electrons. The highest BCUT2D eigenvalue weighted by Crippen LogP contribution is 2.48. The zero-order valence-electron chi connectivity index (χ0n) is 16.9. The van der Waals surface area contributed by atoms with Gasteiger partial charge < -0.3 is 15.1 Å². The second-order valence-electron chi connectivity index (χ2n) is 7.80. The molecule has 1 aliphatic heterocycles. The van der Waals surface area contributed by atoms with Gasteiger partial charge in [-0.15, -0.1) is 0 Å². The molecule has 4 rings (SSSR count). The molecule has 1 amide bonds. The first-order chi connectivity index (χ1) is 14.0. The molecule has 1 saturated carbocycles. The lowest BCUT2D eigenvalue weighted by atomic mass is 9.96. The highest BCUT2D eigenvalue weighted by molar-refractivity contribution is 5.98. The van der Waals surface area contributed by atoms with E-state index in [2.05, 4.69) is 10.4 Å². The first-order valence-corrected chi connectivity index (χ1v) is 10.1. The molecule has 0 unspecified atom stereocenters. The van der Waals surface area contributed by atoms with E-state index in [1.165, 1.54) is 12.1 Å². The van der Waals surface area contributed by atoms with E-state index in [9.17, 15) is 9.18 Å². The zero-order chi connectivity index (χ0) is 20.4. The molecule has 1 aliphatic carbocycles. The number of benzene rings is 1. The highest BCUT2D eigenvalue weighted by atomic mass is 19.1.